The molecule has 1 heterocycles. The highest BCUT2D eigenvalue weighted by atomic mass is 32.1. The van der Waals surface area contributed by atoms with E-state index in [0.717, 1.165) is 24.6 Å². The minimum absolute atomic E-state index is 0.185. The van der Waals surface area contributed by atoms with Crippen LogP contribution in [-0.2, 0) is 0 Å². The van der Waals surface area contributed by atoms with Crippen LogP contribution in [0, 0.1) is 12.8 Å². The van der Waals surface area contributed by atoms with E-state index in [1.807, 2.05) is 19.9 Å². The molecule has 1 aromatic heterocycles. The van der Waals surface area contributed by atoms with Gasteiger partial charge < -0.3 is 10.6 Å². The summed E-state index contributed by atoms with van der Waals surface area (Å²) >= 11 is 4.98. The summed E-state index contributed by atoms with van der Waals surface area (Å²) in [6, 6.07) is 1.97. The second kappa shape index (κ2) is 5.75. The van der Waals surface area contributed by atoms with Crippen LogP contribution in [0.4, 0.5) is 5.82 Å². The average molecular weight is 238 g/mol. The Hall–Kier alpha value is -1.23. The van der Waals surface area contributed by atoms with Gasteiger partial charge in [0, 0.05) is 30.8 Å². The Morgan fingerprint density at radius 1 is 1.56 bits per heavy atom. The van der Waals surface area contributed by atoms with Crippen LogP contribution in [-0.4, -0.2) is 28.0 Å². The highest BCUT2D eigenvalue weighted by molar-refractivity contribution is 7.80. The molecule has 0 amide bonds. The zero-order chi connectivity index (χ0) is 12.1. The summed E-state index contributed by atoms with van der Waals surface area (Å²) in [4.78, 5) is 11.0. The third-order valence-corrected chi connectivity index (χ3v) is 2.88. The topological polar surface area (TPSA) is 55.0 Å². The Bertz CT molecular complexity index is 367. The van der Waals surface area contributed by atoms with Crippen molar-refractivity contribution in [3.8, 4) is 0 Å². The van der Waals surface area contributed by atoms with Gasteiger partial charge in [-0.15, -0.1) is 0 Å². The van der Waals surface area contributed by atoms with Gasteiger partial charge >= 0.3 is 0 Å². The van der Waals surface area contributed by atoms with E-state index in [1.54, 1.807) is 6.33 Å². The van der Waals surface area contributed by atoms with Gasteiger partial charge in [0.25, 0.3) is 0 Å². The molecule has 1 unspecified atom stereocenters. The summed E-state index contributed by atoms with van der Waals surface area (Å²) in [5.74, 6) is 1.11. The van der Waals surface area contributed by atoms with E-state index in [1.165, 1.54) is 0 Å². The SMILES string of the molecule is CCN(CC(C)C(N)=S)c1cc(C)ncn1. The molecule has 0 saturated heterocycles. The fourth-order valence-corrected chi connectivity index (χ4v) is 1.49. The van der Waals surface area contributed by atoms with Crippen molar-refractivity contribution in [3.05, 3.63) is 18.1 Å². The van der Waals surface area contributed by atoms with Gasteiger partial charge in [0.05, 0.1) is 4.99 Å². The predicted octanol–water partition coefficient (Wildman–Crippen LogP) is 1.53. The largest absolute Gasteiger partial charge is 0.393 e. The molecule has 1 aromatic rings. The number of aromatic nitrogens is 2. The Morgan fingerprint density at radius 3 is 2.75 bits per heavy atom. The summed E-state index contributed by atoms with van der Waals surface area (Å²) in [7, 11) is 0. The first kappa shape index (κ1) is 12.8. The van der Waals surface area contributed by atoms with Crippen molar-refractivity contribution in [2.24, 2.45) is 11.7 Å². The third kappa shape index (κ3) is 3.41. The van der Waals surface area contributed by atoms with Crippen LogP contribution in [0.3, 0.4) is 0 Å². The van der Waals surface area contributed by atoms with Crippen LogP contribution in [0.5, 0.6) is 0 Å². The fraction of sp³-hybridized carbons (Fsp3) is 0.545. The number of aryl methyl sites for hydroxylation is 1. The number of rotatable bonds is 5. The highest BCUT2D eigenvalue weighted by Crippen LogP contribution is 2.12. The first-order chi connectivity index (χ1) is 7.54. The van der Waals surface area contributed by atoms with E-state index < -0.39 is 0 Å². The molecule has 16 heavy (non-hydrogen) atoms. The smallest absolute Gasteiger partial charge is 0.132 e. The van der Waals surface area contributed by atoms with E-state index in [0.29, 0.717) is 4.99 Å². The van der Waals surface area contributed by atoms with Crippen molar-refractivity contribution < 1.29 is 0 Å². The van der Waals surface area contributed by atoms with Gasteiger partial charge in [-0.05, 0) is 13.8 Å². The molecule has 88 valence electrons. The lowest BCUT2D eigenvalue weighted by atomic mass is 10.1. The number of hydrogen-bond acceptors (Lipinski definition) is 4. The maximum absolute atomic E-state index is 5.62. The predicted molar refractivity (Wildman–Crippen MR) is 70.6 cm³/mol. The Labute approximate surface area is 102 Å². The third-order valence-electron chi connectivity index (χ3n) is 2.48. The van der Waals surface area contributed by atoms with Gasteiger partial charge in [-0.2, -0.15) is 0 Å². The summed E-state index contributed by atoms with van der Waals surface area (Å²) in [5.41, 5.74) is 6.58. The van der Waals surface area contributed by atoms with Crippen molar-refractivity contribution in [1.29, 1.82) is 0 Å². The summed E-state index contributed by atoms with van der Waals surface area (Å²) < 4.78 is 0. The molecule has 0 aliphatic heterocycles. The zero-order valence-corrected chi connectivity index (χ0v) is 10.8. The normalized spacial score (nSPS) is 12.2. The molecular formula is C11H18N4S. The van der Waals surface area contributed by atoms with Crippen LogP contribution in [0.15, 0.2) is 12.4 Å². The maximum atomic E-state index is 5.62. The molecule has 0 aliphatic carbocycles. The first-order valence-corrected chi connectivity index (χ1v) is 5.78. The summed E-state index contributed by atoms with van der Waals surface area (Å²) in [5, 5.41) is 0. The summed E-state index contributed by atoms with van der Waals surface area (Å²) in [6.07, 6.45) is 1.58. The van der Waals surface area contributed by atoms with E-state index in [-0.39, 0.29) is 5.92 Å². The van der Waals surface area contributed by atoms with Crippen LogP contribution >= 0.6 is 12.2 Å². The standard InChI is InChI=1S/C11H18N4S/c1-4-15(6-8(2)11(12)16)10-5-9(3)13-7-14-10/h5,7-8H,4,6H2,1-3H3,(H2,12,16). The van der Waals surface area contributed by atoms with Crippen LogP contribution in [0.25, 0.3) is 0 Å². The van der Waals surface area contributed by atoms with E-state index in [4.69, 9.17) is 18.0 Å². The molecule has 5 heteroatoms. The number of hydrogen-bond donors (Lipinski definition) is 1. The van der Waals surface area contributed by atoms with E-state index in [9.17, 15) is 0 Å². The average Bonchev–Trinajstić information content (AvgIpc) is 2.25. The molecule has 0 radical (unpaired) electrons. The molecule has 0 aliphatic rings. The van der Waals surface area contributed by atoms with E-state index >= 15 is 0 Å². The number of nitrogens with zero attached hydrogens (tertiary/aromatic N) is 3. The van der Waals surface area contributed by atoms with Crippen LogP contribution < -0.4 is 10.6 Å². The first-order valence-electron chi connectivity index (χ1n) is 5.37. The molecule has 2 N–H and O–H groups in total. The van der Waals surface area contributed by atoms with Gasteiger partial charge in [-0.25, -0.2) is 9.97 Å². The molecule has 1 rings (SSSR count). The fourth-order valence-electron chi connectivity index (χ4n) is 1.42. The highest BCUT2D eigenvalue weighted by Gasteiger charge is 2.12. The Morgan fingerprint density at radius 2 is 2.25 bits per heavy atom. The van der Waals surface area contributed by atoms with Crippen LogP contribution in [0.1, 0.15) is 19.5 Å². The lowest BCUT2D eigenvalue weighted by Crippen LogP contribution is -2.34. The van der Waals surface area contributed by atoms with Gasteiger partial charge in [0.1, 0.15) is 12.1 Å². The second-order valence-corrected chi connectivity index (χ2v) is 4.33. The van der Waals surface area contributed by atoms with Gasteiger partial charge in [-0.3, -0.25) is 0 Å². The van der Waals surface area contributed by atoms with Crippen molar-refractivity contribution >= 4 is 23.0 Å². The lowest BCUT2D eigenvalue weighted by Gasteiger charge is -2.25. The van der Waals surface area contributed by atoms with Crippen molar-refractivity contribution in [3.63, 3.8) is 0 Å². The van der Waals surface area contributed by atoms with Gasteiger partial charge in [0.2, 0.25) is 0 Å². The molecule has 0 aromatic carbocycles. The number of thiocarbonyl (C=S) groups is 1. The summed E-state index contributed by atoms with van der Waals surface area (Å²) in [6.45, 7) is 7.74. The lowest BCUT2D eigenvalue weighted by molar-refractivity contribution is 0.698. The second-order valence-electron chi connectivity index (χ2n) is 3.86. The minimum atomic E-state index is 0.185. The quantitative estimate of drug-likeness (QED) is 0.788. The van der Waals surface area contributed by atoms with Crippen molar-refractivity contribution in [1.82, 2.24) is 9.97 Å². The number of nitrogens with two attached hydrogens (primary N) is 1. The number of anilines is 1. The molecular weight excluding hydrogens is 220 g/mol. The molecule has 4 nitrogen and oxygen atoms in total. The van der Waals surface area contributed by atoms with Crippen LogP contribution in [0.2, 0.25) is 0 Å². The Balaban J connectivity index is 2.78. The van der Waals surface area contributed by atoms with Crippen molar-refractivity contribution in [2.75, 3.05) is 18.0 Å². The zero-order valence-electron chi connectivity index (χ0n) is 9.97. The molecule has 1 atom stereocenters. The molecule has 0 bridgehead atoms. The van der Waals surface area contributed by atoms with Gasteiger partial charge in [0.15, 0.2) is 0 Å². The monoisotopic (exact) mass is 238 g/mol. The molecule has 0 fully saturated rings. The molecule has 0 saturated carbocycles. The molecule has 0 spiro atoms. The van der Waals surface area contributed by atoms with Gasteiger partial charge in [-0.1, -0.05) is 19.1 Å². The maximum Gasteiger partial charge on any atom is 0.132 e. The van der Waals surface area contributed by atoms with E-state index in [2.05, 4.69) is 21.8 Å². The Kier molecular flexibility index (Phi) is 4.61. The van der Waals surface area contributed by atoms with Crippen molar-refractivity contribution in [2.45, 2.75) is 20.8 Å². The minimum Gasteiger partial charge on any atom is -0.393 e.